The molecular formula is C8H5N3OS. The SMILES string of the molecule is Cc1oc(-c2cscn2)nc1C#N. The molecule has 0 amide bonds. The minimum atomic E-state index is 0.322. The quantitative estimate of drug-likeness (QED) is 0.691. The molecule has 13 heavy (non-hydrogen) atoms. The molecule has 0 fully saturated rings. The van der Waals surface area contributed by atoms with E-state index in [-0.39, 0.29) is 0 Å². The Morgan fingerprint density at radius 3 is 3.00 bits per heavy atom. The number of hydrogen-bond acceptors (Lipinski definition) is 5. The Hall–Kier alpha value is -1.67. The van der Waals surface area contributed by atoms with E-state index in [0.717, 1.165) is 0 Å². The van der Waals surface area contributed by atoms with Crippen molar-refractivity contribution in [1.29, 1.82) is 5.26 Å². The molecule has 2 aromatic rings. The van der Waals surface area contributed by atoms with Gasteiger partial charge in [-0.15, -0.1) is 11.3 Å². The van der Waals surface area contributed by atoms with Crippen LogP contribution in [-0.4, -0.2) is 9.97 Å². The van der Waals surface area contributed by atoms with Crippen molar-refractivity contribution in [3.63, 3.8) is 0 Å². The second kappa shape index (κ2) is 2.99. The van der Waals surface area contributed by atoms with E-state index >= 15 is 0 Å². The van der Waals surface area contributed by atoms with Crippen LogP contribution in [0, 0.1) is 18.3 Å². The van der Waals surface area contributed by atoms with Gasteiger partial charge in [0, 0.05) is 5.38 Å². The monoisotopic (exact) mass is 191 g/mol. The Balaban J connectivity index is 2.50. The molecule has 4 nitrogen and oxygen atoms in total. The van der Waals surface area contributed by atoms with Gasteiger partial charge in [0.15, 0.2) is 5.69 Å². The Morgan fingerprint density at radius 1 is 1.62 bits per heavy atom. The van der Waals surface area contributed by atoms with Gasteiger partial charge in [-0.25, -0.2) is 4.98 Å². The van der Waals surface area contributed by atoms with Gasteiger partial charge in [0.05, 0.1) is 5.51 Å². The van der Waals surface area contributed by atoms with Gasteiger partial charge in [-0.05, 0) is 6.92 Å². The van der Waals surface area contributed by atoms with Crippen molar-refractivity contribution in [2.24, 2.45) is 0 Å². The summed E-state index contributed by atoms with van der Waals surface area (Å²) in [7, 11) is 0. The van der Waals surface area contributed by atoms with Crippen LogP contribution in [0.3, 0.4) is 0 Å². The van der Waals surface area contributed by atoms with Crippen molar-refractivity contribution in [3.05, 3.63) is 22.3 Å². The molecule has 0 N–H and O–H groups in total. The normalized spacial score (nSPS) is 9.85. The summed E-state index contributed by atoms with van der Waals surface area (Å²) in [5, 5.41) is 10.5. The van der Waals surface area contributed by atoms with Gasteiger partial charge in [-0.2, -0.15) is 10.2 Å². The van der Waals surface area contributed by atoms with Crippen LogP contribution in [0.15, 0.2) is 15.3 Å². The van der Waals surface area contributed by atoms with Gasteiger partial charge in [0.1, 0.15) is 17.5 Å². The van der Waals surface area contributed by atoms with Crippen LogP contribution < -0.4 is 0 Å². The topological polar surface area (TPSA) is 62.7 Å². The fourth-order valence-corrected chi connectivity index (χ4v) is 1.45. The highest BCUT2D eigenvalue weighted by Gasteiger charge is 2.11. The van der Waals surface area contributed by atoms with E-state index in [1.54, 1.807) is 12.4 Å². The lowest BCUT2D eigenvalue weighted by atomic mass is 10.4. The number of nitrogens with zero attached hydrogens (tertiary/aromatic N) is 3. The summed E-state index contributed by atoms with van der Waals surface area (Å²) in [5.41, 5.74) is 2.69. The number of thiazole rings is 1. The molecule has 0 aliphatic rings. The summed E-state index contributed by atoms with van der Waals surface area (Å²) in [6, 6.07) is 1.95. The van der Waals surface area contributed by atoms with E-state index in [2.05, 4.69) is 9.97 Å². The second-order valence-electron chi connectivity index (χ2n) is 2.41. The first-order valence-electron chi connectivity index (χ1n) is 3.57. The maximum Gasteiger partial charge on any atom is 0.247 e. The van der Waals surface area contributed by atoms with Crippen molar-refractivity contribution in [2.45, 2.75) is 6.92 Å². The van der Waals surface area contributed by atoms with Crippen molar-refractivity contribution in [2.75, 3.05) is 0 Å². The van der Waals surface area contributed by atoms with Crippen LogP contribution in [0.1, 0.15) is 11.5 Å². The third-order valence-corrected chi connectivity index (χ3v) is 2.14. The van der Waals surface area contributed by atoms with Crippen LogP contribution in [0.25, 0.3) is 11.6 Å². The largest absolute Gasteiger partial charge is 0.439 e. The van der Waals surface area contributed by atoms with Crippen LogP contribution in [-0.2, 0) is 0 Å². The molecule has 0 radical (unpaired) electrons. The zero-order valence-corrected chi connectivity index (χ0v) is 7.63. The average Bonchev–Trinajstić information content (AvgIpc) is 2.71. The van der Waals surface area contributed by atoms with Crippen molar-refractivity contribution in [1.82, 2.24) is 9.97 Å². The smallest absolute Gasteiger partial charge is 0.247 e. The number of rotatable bonds is 1. The minimum Gasteiger partial charge on any atom is -0.439 e. The number of aromatic nitrogens is 2. The number of nitriles is 1. The third-order valence-electron chi connectivity index (χ3n) is 1.55. The Bertz CT molecular complexity index is 452. The molecule has 2 rings (SSSR count). The van der Waals surface area contributed by atoms with Gasteiger partial charge in [0.2, 0.25) is 5.89 Å². The summed E-state index contributed by atoms with van der Waals surface area (Å²) in [6.45, 7) is 1.71. The molecule has 0 bridgehead atoms. The number of aryl methyl sites for hydroxylation is 1. The highest BCUT2D eigenvalue weighted by atomic mass is 32.1. The highest BCUT2D eigenvalue weighted by molar-refractivity contribution is 7.07. The molecule has 0 atom stereocenters. The van der Waals surface area contributed by atoms with Crippen molar-refractivity contribution >= 4 is 11.3 Å². The van der Waals surface area contributed by atoms with Crippen LogP contribution in [0.5, 0.6) is 0 Å². The fraction of sp³-hybridized carbons (Fsp3) is 0.125. The van der Waals surface area contributed by atoms with E-state index in [4.69, 9.17) is 9.68 Å². The molecule has 0 unspecified atom stereocenters. The molecule has 64 valence electrons. The Kier molecular flexibility index (Phi) is 1.83. The number of oxazole rings is 1. The van der Waals surface area contributed by atoms with E-state index in [1.165, 1.54) is 11.3 Å². The molecule has 2 heterocycles. The zero-order chi connectivity index (χ0) is 9.26. The zero-order valence-electron chi connectivity index (χ0n) is 6.81. The van der Waals surface area contributed by atoms with Gasteiger partial charge in [0.25, 0.3) is 0 Å². The fourth-order valence-electron chi connectivity index (χ4n) is 0.928. The van der Waals surface area contributed by atoms with Crippen molar-refractivity contribution in [3.8, 4) is 17.7 Å². The highest BCUT2D eigenvalue weighted by Crippen LogP contribution is 2.20. The first kappa shape index (κ1) is 7.95. The molecule has 0 spiro atoms. The summed E-state index contributed by atoms with van der Waals surface area (Å²) in [6.07, 6.45) is 0. The standard InChI is InChI=1S/C8H5N3OS/c1-5-6(2-9)11-8(12-5)7-3-13-4-10-7/h3-4H,1H3. The Labute approximate surface area is 78.5 Å². The van der Waals surface area contributed by atoms with E-state index in [0.29, 0.717) is 23.0 Å². The van der Waals surface area contributed by atoms with E-state index in [9.17, 15) is 0 Å². The second-order valence-corrected chi connectivity index (χ2v) is 3.13. The lowest BCUT2D eigenvalue weighted by Gasteiger charge is -1.83. The average molecular weight is 191 g/mol. The van der Waals surface area contributed by atoms with E-state index < -0.39 is 0 Å². The molecular weight excluding hydrogens is 186 g/mol. The molecule has 0 aliphatic heterocycles. The molecule has 0 aliphatic carbocycles. The molecule has 0 saturated carbocycles. The maximum absolute atomic E-state index is 8.64. The lowest BCUT2D eigenvalue weighted by Crippen LogP contribution is -1.77. The van der Waals surface area contributed by atoms with Crippen LogP contribution in [0.2, 0.25) is 0 Å². The Morgan fingerprint density at radius 2 is 2.46 bits per heavy atom. The summed E-state index contributed by atoms with van der Waals surface area (Å²) >= 11 is 1.46. The number of hydrogen-bond donors (Lipinski definition) is 0. The maximum atomic E-state index is 8.64. The third kappa shape index (κ3) is 1.32. The van der Waals surface area contributed by atoms with Gasteiger partial charge in [-0.1, -0.05) is 0 Å². The summed E-state index contributed by atoms with van der Waals surface area (Å²) < 4.78 is 5.26. The molecule has 0 aromatic carbocycles. The first-order valence-corrected chi connectivity index (χ1v) is 4.51. The van der Waals surface area contributed by atoms with Gasteiger partial charge < -0.3 is 4.42 Å². The first-order chi connectivity index (χ1) is 6.31. The predicted molar refractivity (Wildman–Crippen MR) is 47.1 cm³/mol. The summed E-state index contributed by atoms with van der Waals surface area (Å²) in [5.74, 6) is 0.945. The molecule has 2 aromatic heterocycles. The van der Waals surface area contributed by atoms with Gasteiger partial charge >= 0.3 is 0 Å². The summed E-state index contributed by atoms with van der Waals surface area (Å²) in [4.78, 5) is 8.02. The van der Waals surface area contributed by atoms with E-state index in [1.807, 2.05) is 11.4 Å². The molecule has 5 heteroatoms. The van der Waals surface area contributed by atoms with Crippen molar-refractivity contribution < 1.29 is 4.42 Å². The predicted octanol–water partition coefficient (Wildman–Crippen LogP) is 1.98. The molecule has 0 saturated heterocycles. The van der Waals surface area contributed by atoms with Crippen LogP contribution >= 0.6 is 11.3 Å². The lowest BCUT2D eigenvalue weighted by molar-refractivity contribution is 0.540. The van der Waals surface area contributed by atoms with Gasteiger partial charge in [-0.3, -0.25) is 0 Å². The van der Waals surface area contributed by atoms with Crippen LogP contribution in [0.4, 0.5) is 0 Å². The minimum absolute atomic E-state index is 0.322.